The number of anilines is 1. The van der Waals surface area contributed by atoms with E-state index in [1.807, 2.05) is 31.7 Å². The van der Waals surface area contributed by atoms with Crippen molar-refractivity contribution in [3.8, 4) is 11.8 Å². The van der Waals surface area contributed by atoms with Crippen LogP contribution in [0.1, 0.15) is 57.3 Å². The normalized spacial score (nSPS) is 19.2. The van der Waals surface area contributed by atoms with Crippen LogP contribution in [0, 0.1) is 17.1 Å². The summed E-state index contributed by atoms with van der Waals surface area (Å²) in [5.41, 5.74) is 1.08. The maximum Gasteiger partial charge on any atom is 0.573 e. The molecule has 0 bridgehead atoms. The van der Waals surface area contributed by atoms with Crippen molar-refractivity contribution in [1.82, 2.24) is 19.4 Å². The molecule has 3 heterocycles. The molecular weight excluding hydrogens is 516 g/mol. The third kappa shape index (κ3) is 5.68. The zero-order valence-corrected chi connectivity index (χ0v) is 22.2. The van der Waals surface area contributed by atoms with E-state index in [1.165, 1.54) is 10.6 Å². The standard InChI is InChI=1S/C27H30F4N6O2/c1-5-17-15-37(25-24-23(35(4)26(38)34-25)11-8-16(13-32)33-24)18(6-2)14-36(17)22(7-3)20-10-9-19(12-21(20)28)39-27(29,30)31/h8-12,17-18,22H,5-7,14-15H2,1-4H3/t17-,18+,22?/m1/s1. The number of piperazine rings is 1. The fourth-order valence-corrected chi connectivity index (χ4v) is 5.41. The quantitative estimate of drug-likeness (QED) is 0.383. The summed E-state index contributed by atoms with van der Waals surface area (Å²) in [7, 11) is 1.60. The van der Waals surface area contributed by atoms with Crippen LogP contribution in [0.5, 0.6) is 5.75 Å². The summed E-state index contributed by atoms with van der Waals surface area (Å²) in [5, 5.41) is 9.41. The Kier molecular flexibility index (Phi) is 8.11. The van der Waals surface area contributed by atoms with Gasteiger partial charge >= 0.3 is 12.1 Å². The van der Waals surface area contributed by atoms with Gasteiger partial charge in [0.05, 0.1) is 5.52 Å². The maximum absolute atomic E-state index is 15.1. The molecule has 4 rings (SSSR count). The highest BCUT2D eigenvalue weighted by molar-refractivity contribution is 5.86. The van der Waals surface area contributed by atoms with Gasteiger partial charge in [-0.1, -0.05) is 26.8 Å². The predicted octanol–water partition coefficient (Wildman–Crippen LogP) is 5.07. The first-order valence-electron chi connectivity index (χ1n) is 12.9. The van der Waals surface area contributed by atoms with Crippen molar-refractivity contribution in [1.29, 1.82) is 5.26 Å². The number of fused-ring (bicyclic) bond motifs is 1. The van der Waals surface area contributed by atoms with Crippen LogP contribution >= 0.6 is 0 Å². The van der Waals surface area contributed by atoms with Crippen LogP contribution in [0.3, 0.4) is 0 Å². The van der Waals surface area contributed by atoms with Crippen LogP contribution in [0.4, 0.5) is 23.4 Å². The highest BCUT2D eigenvalue weighted by Gasteiger charge is 2.38. The van der Waals surface area contributed by atoms with Crippen LogP contribution in [-0.2, 0) is 7.05 Å². The van der Waals surface area contributed by atoms with Crippen LogP contribution in [0.15, 0.2) is 35.1 Å². The summed E-state index contributed by atoms with van der Waals surface area (Å²) in [4.78, 5) is 25.8. The minimum absolute atomic E-state index is 0.0803. The number of hydrogen-bond acceptors (Lipinski definition) is 7. The number of pyridine rings is 1. The van der Waals surface area contributed by atoms with Gasteiger partial charge in [-0.3, -0.25) is 9.47 Å². The van der Waals surface area contributed by atoms with E-state index in [0.717, 1.165) is 12.1 Å². The molecule has 3 atom stereocenters. The molecule has 2 aromatic heterocycles. The predicted molar refractivity (Wildman–Crippen MR) is 138 cm³/mol. The number of halogens is 4. The third-order valence-electron chi connectivity index (χ3n) is 7.36. The van der Waals surface area contributed by atoms with E-state index in [-0.39, 0.29) is 23.8 Å². The lowest BCUT2D eigenvalue weighted by Gasteiger charge is -2.49. The zero-order valence-electron chi connectivity index (χ0n) is 22.2. The maximum atomic E-state index is 15.1. The summed E-state index contributed by atoms with van der Waals surface area (Å²) in [5.74, 6) is -0.959. The van der Waals surface area contributed by atoms with E-state index in [2.05, 4.69) is 19.6 Å². The van der Waals surface area contributed by atoms with Crippen molar-refractivity contribution in [3.63, 3.8) is 0 Å². The van der Waals surface area contributed by atoms with Gasteiger partial charge in [0.2, 0.25) is 0 Å². The zero-order chi connectivity index (χ0) is 28.5. The minimum Gasteiger partial charge on any atom is -0.406 e. The SMILES string of the molecule is CCC(c1ccc(OC(F)(F)F)cc1F)N1C[C@H](CC)N(c2nc(=O)n(C)c3ccc(C#N)nc23)C[C@H]1CC. The number of nitrogens with zero attached hydrogens (tertiary/aromatic N) is 6. The molecule has 0 radical (unpaired) electrons. The molecule has 3 aromatic rings. The Morgan fingerprint density at radius 3 is 2.41 bits per heavy atom. The molecule has 1 aliphatic rings. The molecule has 1 aliphatic heterocycles. The lowest BCUT2D eigenvalue weighted by Crippen LogP contribution is -2.59. The van der Waals surface area contributed by atoms with Crippen molar-refractivity contribution in [2.45, 2.75) is 64.5 Å². The number of aromatic nitrogens is 3. The number of hydrogen-bond donors (Lipinski definition) is 0. The van der Waals surface area contributed by atoms with E-state index >= 15 is 4.39 Å². The van der Waals surface area contributed by atoms with Gasteiger partial charge in [0.15, 0.2) is 5.82 Å². The number of benzene rings is 1. The topological polar surface area (TPSA) is 87.3 Å². The van der Waals surface area contributed by atoms with Crippen molar-refractivity contribution >= 4 is 16.9 Å². The Morgan fingerprint density at radius 2 is 1.82 bits per heavy atom. The third-order valence-corrected chi connectivity index (χ3v) is 7.36. The van der Waals surface area contributed by atoms with Gasteiger partial charge in [-0.25, -0.2) is 14.2 Å². The van der Waals surface area contributed by atoms with Crippen molar-refractivity contribution in [2.75, 3.05) is 18.0 Å². The fraction of sp³-hybridized carbons (Fsp3) is 0.481. The van der Waals surface area contributed by atoms with E-state index < -0.39 is 23.6 Å². The molecule has 39 heavy (non-hydrogen) atoms. The van der Waals surface area contributed by atoms with Crippen LogP contribution in [-0.4, -0.2) is 51.0 Å². The average molecular weight is 547 g/mol. The van der Waals surface area contributed by atoms with Crippen molar-refractivity contribution in [2.24, 2.45) is 7.05 Å². The summed E-state index contributed by atoms with van der Waals surface area (Å²) < 4.78 is 58.3. The van der Waals surface area contributed by atoms with Gasteiger partial charge < -0.3 is 9.64 Å². The summed E-state index contributed by atoms with van der Waals surface area (Å²) in [6, 6.07) is 7.96. The summed E-state index contributed by atoms with van der Waals surface area (Å²) >= 11 is 0. The Morgan fingerprint density at radius 1 is 1.10 bits per heavy atom. The molecule has 0 saturated carbocycles. The summed E-state index contributed by atoms with van der Waals surface area (Å²) in [6.45, 7) is 6.89. The molecule has 0 N–H and O–H groups in total. The van der Waals surface area contributed by atoms with E-state index in [4.69, 9.17) is 0 Å². The lowest BCUT2D eigenvalue weighted by atomic mass is 9.94. The average Bonchev–Trinajstić information content (AvgIpc) is 2.90. The highest BCUT2D eigenvalue weighted by atomic mass is 19.4. The second-order valence-electron chi connectivity index (χ2n) is 9.58. The van der Waals surface area contributed by atoms with Crippen LogP contribution in [0.25, 0.3) is 11.0 Å². The number of nitriles is 1. The molecular formula is C27H30F4N6O2. The Bertz CT molecular complexity index is 1450. The first kappa shape index (κ1) is 28.3. The van der Waals surface area contributed by atoms with Gasteiger partial charge in [-0.05, 0) is 37.5 Å². The molecule has 1 saturated heterocycles. The van der Waals surface area contributed by atoms with E-state index in [9.17, 15) is 23.2 Å². The van der Waals surface area contributed by atoms with Crippen LogP contribution in [0.2, 0.25) is 0 Å². The Labute approximate surface area is 223 Å². The first-order valence-corrected chi connectivity index (χ1v) is 12.9. The van der Waals surface area contributed by atoms with E-state index in [0.29, 0.717) is 54.8 Å². The molecule has 1 unspecified atom stereocenters. The molecule has 8 nitrogen and oxygen atoms in total. The monoisotopic (exact) mass is 546 g/mol. The number of rotatable bonds is 7. The molecule has 208 valence electrons. The molecule has 0 spiro atoms. The van der Waals surface area contributed by atoms with Crippen molar-refractivity contribution in [3.05, 3.63) is 57.9 Å². The molecule has 12 heteroatoms. The Hall–Kier alpha value is -3.72. The van der Waals surface area contributed by atoms with Gasteiger partial charge in [0.25, 0.3) is 0 Å². The number of ether oxygens (including phenoxy) is 1. The van der Waals surface area contributed by atoms with Gasteiger partial charge in [0, 0.05) is 49.9 Å². The van der Waals surface area contributed by atoms with Crippen LogP contribution < -0.4 is 15.3 Å². The molecule has 1 fully saturated rings. The number of aryl methyl sites for hydroxylation is 1. The number of alkyl halides is 3. The minimum atomic E-state index is -4.91. The smallest absolute Gasteiger partial charge is 0.406 e. The second-order valence-corrected chi connectivity index (χ2v) is 9.58. The van der Waals surface area contributed by atoms with Gasteiger partial charge in [0.1, 0.15) is 28.8 Å². The Balaban J connectivity index is 1.72. The summed E-state index contributed by atoms with van der Waals surface area (Å²) in [6.07, 6.45) is -3.00. The highest BCUT2D eigenvalue weighted by Crippen LogP contribution is 2.37. The van der Waals surface area contributed by atoms with E-state index in [1.54, 1.807) is 19.2 Å². The largest absolute Gasteiger partial charge is 0.573 e. The molecule has 0 aliphatic carbocycles. The lowest BCUT2D eigenvalue weighted by molar-refractivity contribution is -0.274. The van der Waals surface area contributed by atoms with Gasteiger partial charge in [-0.15, -0.1) is 13.2 Å². The van der Waals surface area contributed by atoms with Gasteiger partial charge in [-0.2, -0.15) is 10.2 Å². The molecule has 1 aromatic carbocycles. The van der Waals surface area contributed by atoms with Crippen molar-refractivity contribution < 1.29 is 22.3 Å². The first-order chi connectivity index (χ1) is 18.5. The fourth-order valence-electron chi connectivity index (χ4n) is 5.41. The second kappa shape index (κ2) is 11.2. The molecule has 0 amide bonds.